The van der Waals surface area contributed by atoms with E-state index in [-0.39, 0.29) is 131 Å². The van der Waals surface area contributed by atoms with E-state index in [9.17, 15) is 38.7 Å². The molecule has 4 fully saturated rings. The normalized spacial score (nSPS) is 29.4. The molecule has 0 aliphatic heterocycles. The first kappa shape index (κ1) is 90.3. The summed E-state index contributed by atoms with van der Waals surface area (Å²) in [4.78, 5) is 133. The summed E-state index contributed by atoms with van der Waals surface area (Å²) in [6.45, 7) is 34.1. The number of fused-ring (bicyclic) bond motifs is 16. The quantitative estimate of drug-likeness (QED) is 0.0314. The molecule has 1 unspecified atom stereocenters. The first-order chi connectivity index (χ1) is 56.7. The van der Waals surface area contributed by atoms with E-state index in [1.807, 2.05) is 40.7 Å². The Morgan fingerprint density at radius 3 is 1.28 bits per heavy atom. The summed E-state index contributed by atoms with van der Waals surface area (Å²) in [6, 6.07) is 1.34. The number of aromatic nitrogens is 11. The molecule has 0 radical (unpaired) electrons. The number of methoxy groups -OCH3 is 5. The van der Waals surface area contributed by atoms with Gasteiger partial charge in [0.05, 0.1) is 96.3 Å². The van der Waals surface area contributed by atoms with Gasteiger partial charge in [0, 0.05) is 115 Å². The van der Waals surface area contributed by atoms with Crippen molar-refractivity contribution in [3.63, 3.8) is 0 Å². The van der Waals surface area contributed by atoms with Gasteiger partial charge in [0.25, 0.3) is 6.04 Å². The van der Waals surface area contributed by atoms with Gasteiger partial charge in [-0.05, 0) is 152 Å². The minimum atomic E-state index is -0.677. The molecule has 0 bridgehead atoms. The first-order valence-corrected chi connectivity index (χ1v) is 41.7. The lowest BCUT2D eigenvalue weighted by molar-refractivity contribution is -0.130. The Kier molecular flexibility index (Phi) is 27.1. The van der Waals surface area contributed by atoms with Crippen LogP contribution in [0.2, 0.25) is 5.28 Å². The lowest BCUT2D eigenvalue weighted by Gasteiger charge is -2.48. The second kappa shape index (κ2) is 36.1. The summed E-state index contributed by atoms with van der Waals surface area (Å²) in [5.74, 6) is 3.52. The molecule has 120 heavy (non-hydrogen) atoms. The molecule has 4 saturated carbocycles. The summed E-state index contributed by atoms with van der Waals surface area (Å²) in [6.07, 6.45) is 15.4. The van der Waals surface area contributed by atoms with Gasteiger partial charge >= 0.3 is 17.9 Å². The van der Waals surface area contributed by atoms with Crippen molar-refractivity contribution < 1.29 is 81.1 Å². The van der Waals surface area contributed by atoms with E-state index in [0.717, 1.165) is 139 Å². The molecule has 10 aliphatic carbocycles. The summed E-state index contributed by atoms with van der Waals surface area (Å²) in [5, 5.41) is 22.9. The van der Waals surface area contributed by atoms with E-state index in [4.69, 9.17) is 65.9 Å². The number of halogens is 1. The molecule has 10 aliphatic rings. The van der Waals surface area contributed by atoms with Crippen LogP contribution in [-0.4, -0.2) is 163 Å². The number of ketones is 4. The number of allylic oxidation sites excluding steroid dienone is 1. The van der Waals surface area contributed by atoms with Crippen LogP contribution < -0.4 is 23.7 Å². The third-order valence-electron chi connectivity index (χ3n) is 28.0. The molecule has 16 rings (SSSR count). The number of ether oxygens (including phenoxy) is 8. The lowest BCUT2D eigenvalue weighted by Crippen LogP contribution is -2.52. The fourth-order valence-corrected chi connectivity index (χ4v) is 22.2. The largest absolute Gasteiger partial charge is 0.515 e. The number of nitriles is 1. The van der Waals surface area contributed by atoms with Crippen molar-refractivity contribution in [1.29, 1.82) is 5.26 Å². The van der Waals surface area contributed by atoms with Gasteiger partial charge in [0.2, 0.25) is 63.8 Å². The highest BCUT2D eigenvalue weighted by molar-refractivity contribution is 6.28. The highest BCUT2D eigenvalue weighted by Gasteiger charge is 2.58. The third kappa shape index (κ3) is 16.0. The van der Waals surface area contributed by atoms with E-state index in [1.54, 1.807) is 48.3 Å². The summed E-state index contributed by atoms with van der Waals surface area (Å²) in [7, 11) is 7.79. The molecule has 1 N–H and O–H groups in total. The molecular weight excluding hydrogens is 1560 g/mol. The van der Waals surface area contributed by atoms with Crippen molar-refractivity contribution in [2.45, 2.75) is 246 Å². The summed E-state index contributed by atoms with van der Waals surface area (Å²) in [5.41, 5.74) is 9.06. The number of hydrogen-bond donors (Lipinski definition) is 1. The van der Waals surface area contributed by atoms with Crippen LogP contribution in [0.15, 0.2) is 22.6 Å². The van der Waals surface area contributed by atoms with Gasteiger partial charge in [-0.2, -0.15) is 30.2 Å². The molecule has 16 atom stereocenters. The van der Waals surface area contributed by atoms with Gasteiger partial charge in [0.1, 0.15) is 23.4 Å². The molecular formula is C89H112ClN13O17. The predicted molar refractivity (Wildman–Crippen MR) is 437 cm³/mol. The van der Waals surface area contributed by atoms with Crippen molar-refractivity contribution in [3.05, 3.63) is 126 Å². The molecule has 0 amide bonds. The van der Waals surface area contributed by atoms with Crippen LogP contribution in [0.3, 0.4) is 0 Å². The van der Waals surface area contributed by atoms with Gasteiger partial charge in [-0.15, -0.1) is 0 Å². The third-order valence-corrected chi connectivity index (χ3v) is 28.2. The first-order valence-electron chi connectivity index (χ1n) is 41.3. The number of aliphatic hydroxyl groups is 1. The van der Waals surface area contributed by atoms with Gasteiger partial charge in [-0.1, -0.05) is 81.8 Å². The van der Waals surface area contributed by atoms with Crippen molar-refractivity contribution in [2.24, 2.45) is 53.3 Å². The zero-order chi connectivity index (χ0) is 86.3. The molecule has 0 aromatic carbocycles. The fourth-order valence-electron chi connectivity index (χ4n) is 22.0. The van der Waals surface area contributed by atoms with Gasteiger partial charge in [-0.25, -0.2) is 45.9 Å². The van der Waals surface area contributed by atoms with Crippen LogP contribution in [0.5, 0.6) is 29.4 Å². The maximum absolute atomic E-state index is 12.5. The second-order valence-corrected chi connectivity index (χ2v) is 34.5. The number of carbonyl (C=O) groups excluding carboxylic acids is 7. The highest BCUT2D eigenvalue weighted by Crippen LogP contribution is 2.59. The minimum absolute atomic E-state index is 0. The molecule has 642 valence electrons. The van der Waals surface area contributed by atoms with Crippen LogP contribution in [-0.2, 0) is 99.0 Å². The molecule has 30 nitrogen and oxygen atoms in total. The molecule has 6 aromatic rings. The summed E-state index contributed by atoms with van der Waals surface area (Å²) < 4.78 is 47.8. The highest BCUT2D eigenvalue weighted by atomic mass is 35.5. The Morgan fingerprint density at radius 1 is 0.517 bits per heavy atom. The Balaban J connectivity index is 0.000000147. The number of Topliss-reactive ketones (excluding diaryl/α,β-unsaturated/α-hetero) is 4. The van der Waals surface area contributed by atoms with Crippen LogP contribution in [0.4, 0.5) is 0 Å². The molecule has 6 aromatic heterocycles. The van der Waals surface area contributed by atoms with Crippen molar-refractivity contribution in [1.82, 2.24) is 55.0 Å². The van der Waals surface area contributed by atoms with Crippen molar-refractivity contribution in [3.8, 4) is 35.5 Å². The average molecular weight is 1670 g/mol. The van der Waals surface area contributed by atoms with Crippen molar-refractivity contribution in [2.75, 3.05) is 55.4 Å². The van der Waals surface area contributed by atoms with Gasteiger partial charge in [-0.3, -0.25) is 19.2 Å². The van der Waals surface area contributed by atoms with E-state index in [1.165, 1.54) is 14.2 Å². The number of aliphatic hydroxyl groups excluding tert-OH is 1. The molecule has 6 heterocycles. The van der Waals surface area contributed by atoms with Crippen LogP contribution in [0.25, 0.3) is 4.85 Å². The molecule has 0 spiro atoms. The van der Waals surface area contributed by atoms with E-state index in [0.29, 0.717) is 103 Å². The van der Waals surface area contributed by atoms with Gasteiger partial charge < -0.3 is 52.4 Å². The Bertz CT molecular complexity index is 5120. The lowest BCUT2D eigenvalue weighted by atomic mass is 9.55. The minimum Gasteiger partial charge on any atom is -0.515 e. The number of hydrogen-bond acceptors (Lipinski definition) is 29. The van der Waals surface area contributed by atoms with E-state index in [2.05, 4.69) is 94.5 Å². The smallest absolute Gasteiger partial charge is 0.376 e. The number of esters is 3. The second-order valence-electron chi connectivity index (χ2n) is 34.2. The number of rotatable bonds is 11. The SMILES string of the molecule is C.CCOC(=O)c1nc(OC)c2c(n1)[C@@]1(C)C/C(=C/O)C(=O)[C@@H](C)[C@@H]1CC2.CCOC(=O)c1nc(OC)c2c(n1)[C@@]1(C)Cc3cnoc3[C@@H](C)[C@@H]1CC2.COc1nc(C#N)nc2c1CC[C@H]1[C@H](C)C(=O)CC[C@]21C.COc1nc(Cl)nc2c1CC[C@H]1[C@H](C)C(=O)CC[C@]21C.[C-]#[N+]C1C[C@]2(C)c3nc(C(=O)OCC)nc(OC)c3CC[C@H]2[C@H](C)C1=O. The zero-order valence-electron chi connectivity index (χ0n) is 71.3. The summed E-state index contributed by atoms with van der Waals surface area (Å²) >= 11 is 6.05. The Morgan fingerprint density at radius 2 is 0.883 bits per heavy atom. The average Bonchev–Trinajstić information content (AvgIpc) is 1.50. The number of nitrogens with zero attached hydrogens (tertiary/aromatic N) is 13. The number of carbonyl (C=O) groups is 7. The maximum Gasteiger partial charge on any atom is 0.376 e. The molecule has 0 saturated heterocycles. The zero-order valence-corrected chi connectivity index (χ0v) is 72.1. The van der Waals surface area contributed by atoms with E-state index < -0.39 is 34.8 Å². The van der Waals surface area contributed by atoms with Crippen molar-refractivity contribution >= 4 is 52.6 Å². The topological polar surface area (TPSA) is 397 Å². The Labute approximate surface area is 705 Å². The van der Waals surface area contributed by atoms with Crippen LogP contribution >= 0.6 is 11.6 Å². The van der Waals surface area contributed by atoms with Gasteiger partial charge in [0.15, 0.2) is 5.78 Å². The maximum atomic E-state index is 12.5. The van der Waals surface area contributed by atoms with E-state index >= 15 is 0 Å². The Hall–Kier alpha value is -10.5. The van der Waals surface area contributed by atoms with Crippen LogP contribution in [0, 0.1) is 71.2 Å². The fraction of sp³-hybridized carbons (Fsp3) is 0.618. The van der Waals surface area contributed by atoms with Crippen LogP contribution in [0.1, 0.15) is 279 Å². The molecule has 31 heteroatoms. The predicted octanol–water partition coefficient (Wildman–Crippen LogP) is 13.5. The standard InChI is InChI=1S/2C19H23N3O4.C19H24N2O5.C16H19N3O2.C15H19ClN2O2.CH4/c1-5-25-18(23)16-21-15-12(17(22-16)24-4)6-7-13-10(2)14-11(9-20-26-14)8-19(13,15)3;1-6-26-18(24)16-21-15-11(17(22-16)25-5)7-8-12-10(2)14(23)13(20-4)9-19(12,15)3;1-5-26-18(24)16-20-15-12(17(21-16)25-4)6-7-13-10(2)14(23)11(9-22)8-19(13,15)3;1-9-11-5-4-10-14(16(11,2)7-6-12(9)20)18-13(8-17)19-15(10)21-3;1-8-10-5-4-9-12(15(10,2)7-6-11(8)19)17-14(16)18-13(9)20-3;/h9-10,13H,5-8H2,1-4H3;10,12-13H,6-9H2,1-3,5H3;9-10,13,22H,5-8H2,1-4H3;9,11H,4-7H2,1-3H3;8,10H,4-7H2,1-3H3;1H4/b;;11-9-;;;/t10-,13-,19-;10-,12-,13?,19-;10-,13-,19-;9-,11-,16-;8-,10-,15-;/m00000./s1. The monoisotopic (exact) mass is 1670 g/mol.